The summed E-state index contributed by atoms with van der Waals surface area (Å²) >= 11 is 0. The van der Waals surface area contributed by atoms with E-state index in [1.165, 1.54) is 13.8 Å². The number of ether oxygens (including phenoxy) is 2. The molecule has 5 heteroatoms. The number of fused-ring (bicyclic) bond motifs is 1. The topological polar surface area (TPSA) is 69.7 Å². The standard InChI is InChI=1S/C16H20O5/c1-9(17)8-15(20-11(3)18)12-4-6-13-10(2)16(19)21-14(13)7-5-12/h4,13-15H,2,5-8H2,1,3H3/t13-,14+,15+/m1/s1. The molecular formula is C16H20O5. The first-order chi connectivity index (χ1) is 9.88. The summed E-state index contributed by atoms with van der Waals surface area (Å²) in [5.41, 5.74) is 1.44. The Hall–Kier alpha value is -1.91. The molecule has 1 aliphatic carbocycles. The number of allylic oxidation sites excluding steroid dienone is 1. The SMILES string of the molecule is C=C1C(=O)O[C@H]2CCC([C@H](CC(C)=O)OC(C)=O)=CC[C@H]12. The highest BCUT2D eigenvalue weighted by atomic mass is 16.6. The molecule has 0 aromatic carbocycles. The molecule has 114 valence electrons. The van der Waals surface area contributed by atoms with Crippen LogP contribution in [0.1, 0.15) is 39.5 Å². The van der Waals surface area contributed by atoms with E-state index in [-0.39, 0.29) is 30.2 Å². The molecule has 1 heterocycles. The fourth-order valence-corrected chi connectivity index (χ4v) is 2.92. The molecule has 3 atom stereocenters. The van der Waals surface area contributed by atoms with Crippen LogP contribution in [-0.4, -0.2) is 29.9 Å². The van der Waals surface area contributed by atoms with Crippen molar-refractivity contribution in [2.24, 2.45) is 5.92 Å². The van der Waals surface area contributed by atoms with Gasteiger partial charge in [-0.2, -0.15) is 0 Å². The summed E-state index contributed by atoms with van der Waals surface area (Å²) in [5, 5.41) is 0. The van der Waals surface area contributed by atoms with Crippen molar-refractivity contribution in [1.82, 2.24) is 0 Å². The van der Waals surface area contributed by atoms with Crippen LogP contribution in [0.5, 0.6) is 0 Å². The van der Waals surface area contributed by atoms with Crippen LogP contribution in [0.4, 0.5) is 0 Å². The van der Waals surface area contributed by atoms with Crippen LogP contribution in [0, 0.1) is 5.92 Å². The summed E-state index contributed by atoms with van der Waals surface area (Å²) in [5.74, 6) is -0.753. The van der Waals surface area contributed by atoms with Crippen LogP contribution in [0.2, 0.25) is 0 Å². The minimum atomic E-state index is -0.511. The number of rotatable bonds is 4. The van der Waals surface area contributed by atoms with E-state index in [1.54, 1.807) is 0 Å². The van der Waals surface area contributed by atoms with Crippen LogP contribution < -0.4 is 0 Å². The van der Waals surface area contributed by atoms with Crippen molar-refractivity contribution in [1.29, 1.82) is 0 Å². The number of ketones is 1. The highest BCUT2D eigenvalue weighted by Gasteiger charge is 2.39. The summed E-state index contributed by atoms with van der Waals surface area (Å²) in [6.45, 7) is 6.60. The Balaban J connectivity index is 2.13. The molecule has 0 spiro atoms. The highest BCUT2D eigenvalue weighted by molar-refractivity contribution is 5.90. The number of hydrogen-bond donors (Lipinski definition) is 0. The molecule has 1 fully saturated rings. The van der Waals surface area contributed by atoms with Crippen LogP contribution in [0.25, 0.3) is 0 Å². The smallest absolute Gasteiger partial charge is 0.334 e. The zero-order valence-corrected chi connectivity index (χ0v) is 12.4. The summed E-state index contributed by atoms with van der Waals surface area (Å²) in [6.07, 6.45) is 3.41. The third-order valence-corrected chi connectivity index (χ3v) is 3.96. The lowest BCUT2D eigenvalue weighted by atomic mass is 9.93. The van der Waals surface area contributed by atoms with Crippen molar-refractivity contribution in [2.75, 3.05) is 0 Å². The van der Waals surface area contributed by atoms with Gasteiger partial charge in [0.05, 0.1) is 0 Å². The molecule has 0 amide bonds. The van der Waals surface area contributed by atoms with Crippen molar-refractivity contribution in [2.45, 2.75) is 51.7 Å². The monoisotopic (exact) mass is 292 g/mol. The van der Waals surface area contributed by atoms with E-state index in [2.05, 4.69) is 6.58 Å². The summed E-state index contributed by atoms with van der Waals surface area (Å²) < 4.78 is 10.6. The van der Waals surface area contributed by atoms with E-state index >= 15 is 0 Å². The lowest BCUT2D eigenvalue weighted by Crippen LogP contribution is -2.22. The largest absolute Gasteiger partial charge is 0.458 e. The fourth-order valence-electron chi connectivity index (χ4n) is 2.92. The van der Waals surface area contributed by atoms with Gasteiger partial charge in [0.15, 0.2) is 0 Å². The van der Waals surface area contributed by atoms with Crippen molar-refractivity contribution in [3.05, 3.63) is 23.8 Å². The lowest BCUT2D eigenvalue weighted by Gasteiger charge is -2.19. The van der Waals surface area contributed by atoms with Gasteiger partial charge in [0, 0.05) is 24.8 Å². The Morgan fingerprint density at radius 1 is 1.48 bits per heavy atom. The maximum absolute atomic E-state index is 11.5. The Morgan fingerprint density at radius 3 is 2.81 bits per heavy atom. The molecule has 0 radical (unpaired) electrons. The van der Waals surface area contributed by atoms with Crippen molar-refractivity contribution in [3.63, 3.8) is 0 Å². The second-order valence-corrected chi connectivity index (χ2v) is 5.63. The lowest BCUT2D eigenvalue weighted by molar-refractivity contribution is -0.145. The molecule has 2 aliphatic rings. The van der Waals surface area contributed by atoms with E-state index in [9.17, 15) is 14.4 Å². The highest BCUT2D eigenvalue weighted by Crippen LogP contribution is 2.37. The molecule has 0 aromatic rings. The van der Waals surface area contributed by atoms with Gasteiger partial charge in [0.1, 0.15) is 18.0 Å². The molecule has 0 N–H and O–H groups in total. The van der Waals surface area contributed by atoms with Crippen molar-refractivity contribution < 1.29 is 23.9 Å². The first-order valence-corrected chi connectivity index (χ1v) is 7.14. The zero-order chi connectivity index (χ0) is 15.6. The molecule has 1 saturated heterocycles. The fraction of sp³-hybridized carbons (Fsp3) is 0.562. The van der Waals surface area contributed by atoms with Gasteiger partial charge < -0.3 is 9.47 Å². The number of Topliss-reactive ketones (excluding diaryl/α,β-unsaturated/α-hetero) is 1. The average molecular weight is 292 g/mol. The maximum Gasteiger partial charge on any atom is 0.334 e. The zero-order valence-electron chi connectivity index (χ0n) is 12.4. The Labute approximate surface area is 124 Å². The van der Waals surface area contributed by atoms with Gasteiger partial charge in [-0.3, -0.25) is 9.59 Å². The van der Waals surface area contributed by atoms with E-state index < -0.39 is 12.1 Å². The predicted molar refractivity (Wildman–Crippen MR) is 75.3 cm³/mol. The molecule has 0 bridgehead atoms. The normalized spacial score (nSPS) is 26.3. The maximum atomic E-state index is 11.5. The van der Waals surface area contributed by atoms with Crippen molar-refractivity contribution >= 4 is 17.7 Å². The first kappa shape index (κ1) is 15.5. The van der Waals surface area contributed by atoms with Gasteiger partial charge >= 0.3 is 11.9 Å². The molecule has 1 aliphatic heterocycles. The molecule has 2 rings (SSSR count). The van der Waals surface area contributed by atoms with Gasteiger partial charge in [-0.1, -0.05) is 12.7 Å². The number of esters is 2. The van der Waals surface area contributed by atoms with Crippen LogP contribution in [0.15, 0.2) is 23.8 Å². The van der Waals surface area contributed by atoms with Gasteiger partial charge in [-0.25, -0.2) is 4.79 Å². The van der Waals surface area contributed by atoms with Crippen LogP contribution >= 0.6 is 0 Å². The molecular weight excluding hydrogens is 272 g/mol. The quantitative estimate of drug-likeness (QED) is 0.451. The minimum absolute atomic E-state index is 0.00898. The average Bonchev–Trinajstić information content (AvgIpc) is 2.56. The Kier molecular flexibility index (Phi) is 4.60. The minimum Gasteiger partial charge on any atom is -0.458 e. The number of carbonyl (C=O) groups is 3. The van der Waals surface area contributed by atoms with E-state index in [0.29, 0.717) is 24.8 Å². The van der Waals surface area contributed by atoms with E-state index in [4.69, 9.17) is 9.47 Å². The molecule has 0 saturated carbocycles. The Morgan fingerprint density at radius 2 is 2.19 bits per heavy atom. The second kappa shape index (κ2) is 6.24. The van der Waals surface area contributed by atoms with E-state index in [1.807, 2.05) is 6.08 Å². The Bertz CT molecular complexity index is 501. The van der Waals surface area contributed by atoms with Crippen LogP contribution in [-0.2, 0) is 23.9 Å². The van der Waals surface area contributed by atoms with Crippen LogP contribution in [0.3, 0.4) is 0 Å². The molecule has 0 aromatic heterocycles. The van der Waals surface area contributed by atoms with Gasteiger partial charge in [-0.05, 0) is 31.8 Å². The number of hydrogen-bond acceptors (Lipinski definition) is 5. The summed E-state index contributed by atoms with van der Waals surface area (Å²) in [6, 6.07) is 0. The van der Waals surface area contributed by atoms with E-state index in [0.717, 1.165) is 5.57 Å². The van der Waals surface area contributed by atoms with Gasteiger partial charge in [-0.15, -0.1) is 0 Å². The first-order valence-electron chi connectivity index (χ1n) is 7.14. The molecule has 5 nitrogen and oxygen atoms in total. The number of carbonyl (C=O) groups excluding carboxylic acids is 3. The third kappa shape index (κ3) is 3.60. The van der Waals surface area contributed by atoms with Crippen molar-refractivity contribution in [3.8, 4) is 0 Å². The predicted octanol–water partition coefficient (Wildman–Crippen LogP) is 2.11. The molecule has 0 unspecified atom stereocenters. The second-order valence-electron chi connectivity index (χ2n) is 5.63. The summed E-state index contributed by atoms with van der Waals surface area (Å²) in [4.78, 5) is 34.1. The third-order valence-electron chi connectivity index (χ3n) is 3.96. The van der Waals surface area contributed by atoms with Gasteiger partial charge in [0.2, 0.25) is 0 Å². The molecule has 21 heavy (non-hydrogen) atoms. The summed E-state index contributed by atoms with van der Waals surface area (Å²) in [7, 11) is 0. The van der Waals surface area contributed by atoms with Gasteiger partial charge in [0.25, 0.3) is 0 Å².